The van der Waals surface area contributed by atoms with Gasteiger partial charge < -0.3 is 0 Å². The van der Waals surface area contributed by atoms with Crippen molar-refractivity contribution in [2.24, 2.45) is 0 Å². The molecule has 1 aromatic carbocycles. The van der Waals surface area contributed by atoms with Crippen molar-refractivity contribution in [3.63, 3.8) is 0 Å². The molecule has 0 saturated heterocycles. The number of benzene rings is 1. The molecule has 3 aromatic heterocycles. The van der Waals surface area contributed by atoms with Gasteiger partial charge in [0.05, 0.1) is 5.69 Å². The number of hydrogen-bond acceptors (Lipinski definition) is 6. The number of hydrogen-bond donors (Lipinski definition) is 0. The predicted octanol–water partition coefficient (Wildman–Crippen LogP) is 4.63. The lowest BCUT2D eigenvalue weighted by Gasteiger charge is -2.05. The van der Waals surface area contributed by atoms with Gasteiger partial charge in [0, 0.05) is 24.2 Å². The minimum atomic E-state index is -0.175. The number of fused-ring (bicyclic) bond motifs is 1. The molecule has 0 N–H and O–H groups in total. The molecule has 0 amide bonds. The molecule has 0 saturated carbocycles. The van der Waals surface area contributed by atoms with Crippen molar-refractivity contribution >= 4 is 40.2 Å². The molecular weight excluding hydrogens is 388 g/mol. The van der Waals surface area contributed by atoms with E-state index in [9.17, 15) is 4.79 Å². The van der Waals surface area contributed by atoms with Crippen LogP contribution in [-0.4, -0.2) is 19.6 Å². The zero-order valence-electron chi connectivity index (χ0n) is 15.5. The van der Waals surface area contributed by atoms with E-state index in [1.54, 1.807) is 24.2 Å². The molecule has 0 atom stereocenters. The third-order valence-electron chi connectivity index (χ3n) is 4.23. The molecule has 0 spiro atoms. The second kappa shape index (κ2) is 8.08. The Labute approximate surface area is 170 Å². The van der Waals surface area contributed by atoms with Crippen LogP contribution in [0.2, 0.25) is 0 Å². The second-order valence-corrected chi connectivity index (χ2v) is 8.60. The summed E-state index contributed by atoms with van der Waals surface area (Å²) in [4.78, 5) is 21.6. The number of thioether (sulfide) groups is 1. The molecule has 0 aliphatic heterocycles. The first kappa shape index (κ1) is 18.6. The van der Waals surface area contributed by atoms with Crippen LogP contribution >= 0.6 is 23.1 Å². The topological polar surface area (TPSA) is 60.2 Å². The normalized spacial score (nSPS) is 11.5. The average molecular weight is 407 g/mol. The average Bonchev–Trinajstić information content (AvgIpc) is 3.11. The molecular formula is C21H18N4OS2. The zero-order valence-corrected chi connectivity index (χ0v) is 17.1. The smallest absolute Gasteiger partial charge is 0.267 e. The van der Waals surface area contributed by atoms with Crippen LogP contribution in [0.1, 0.15) is 27.9 Å². The zero-order chi connectivity index (χ0) is 19.5. The number of rotatable bonds is 5. The highest BCUT2D eigenvalue weighted by Gasteiger charge is 2.10. The van der Waals surface area contributed by atoms with Crippen molar-refractivity contribution in [3.05, 3.63) is 87.1 Å². The lowest BCUT2D eigenvalue weighted by Crippen LogP contribution is -2.14. The molecule has 0 aliphatic carbocycles. The Bertz CT molecular complexity index is 1210. The summed E-state index contributed by atoms with van der Waals surface area (Å²) in [6.45, 7) is 4.20. The number of nitrogens with zero attached hydrogens (tertiary/aromatic N) is 4. The molecule has 0 bridgehead atoms. The fourth-order valence-electron chi connectivity index (χ4n) is 2.71. The lowest BCUT2D eigenvalue weighted by atomic mass is 10.1. The van der Waals surface area contributed by atoms with Gasteiger partial charge in [-0.3, -0.25) is 9.78 Å². The van der Waals surface area contributed by atoms with Crippen molar-refractivity contribution in [3.8, 4) is 0 Å². The summed E-state index contributed by atoms with van der Waals surface area (Å²) in [6.07, 6.45) is 7.20. The van der Waals surface area contributed by atoms with Crippen LogP contribution in [0.4, 0.5) is 0 Å². The molecule has 4 rings (SSSR count). The molecule has 0 fully saturated rings. The highest BCUT2D eigenvalue weighted by atomic mass is 32.2. The third-order valence-corrected chi connectivity index (χ3v) is 6.32. The van der Waals surface area contributed by atoms with Gasteiger partial charge in [0.25, 0.3) is 5.56 Å². The summed E-state index contributed by atoms with van der Waals surface area (Å²) in [7, 11) is 0. The van der Waals surface area contributed by atoms with E-state index in [0.29, 0.717) is 10.7 Å². The van der Waals surface area contributed by atoms with Gasteiger partial charge in [0.2, 0.25) is 4.96 Å². The highest BCUT2D eigenvalue weighted by molar-refractivity contribution is 8.00. The monoisotopic (exact) mass is 406 g/mol. The quantitative estimate of drug-likeness (QED) is 0.453. The molecule has 28 heavy (non-hydrogen) atoms. The summed E-state index contributed by atoms with van der Waals surface area (Å²) >= 11 is 3.06. The van der Waals surface area contributed by atoms with Crippen LogP contribution in [0.25, 0.3) is 17.1 Å². The minimum Gasteiger partial charge on any atom is -0.267 e. The van der Waals surface area contributed by atoms with Gasteiger partial charge in [-0.1, -0.05) is 59.0 Å². The summed E-state index contributed by atoms with van der Waals surface area (Å²) in [5.41, 5.74) is 5.18. The van der Waals surface area contributed by atoms with E-state index in [4.69, 9.17) is 0 Å². The summed E-state index contributed by atoms with van der Waals surface area (Å²) < 4.78 is 2.20. The van der Waals surface area contributed by atoms with Crippen molar-refractivity contribution in [2.75, 3.05) is 0 Å². The van der Waals surface area contributed by atoms with Crippen LogP contribution in [-0.2, 0) is 5.75 Å². The maximum Gasteiger partial charge on any atom is 0.275 e. The Hall–Kier alpha value is -2.77. The standard InChI is InChI=1S/C21H18N4OS2/c1-14-5-6-15(2)17(10-14)13-27-21-24-25-19(26)11-18(23-20(25)28-21)8-7-16-4-3-9-22-12-16/h3-12H,13H2,1-2H3/b8-7+. The molecule has 0 unspecified atom stereocenters. The maximum absolute atomic E-state index is 12.4. The summed E-state index contributed by atoms with van der Waals surface area (Å²) in [5.74, 6) is 0.815. The lowest BCUT2D eigenvalue weighted by molar-refractivity contribution is 0.855. The predicted molar refractivity (Wildman–Crippen MR) is 116 cm³/mol. The molecule has 140 valence electrons. The van der Waals surface area contributed by atoms with Crippen molar-refractivity contribution in [1.29, 1.82) is 0 Å². The summed E-state index contributed by atoms with van der Waals surface area (Å²) in [6, 6.07) is 11.8. The first-order valence-corrected chi connectivity index (χ1v) is 10.6. The van der Waals surface area contributed by atoms with Crippen molar-refractivity contribution in [1.82, 2.24) is 19.6 Å². The van der Waals surface area contributed by atoms with Gasteiger partial charge in [-0.25, -0.2) is 4.98 Å². The fraction of sp³-hybridized carbons (Fsp3) is 0.143. The maximum atomic E-state index is 12.4. The highest BCUT2D eigenvalue weighted by Crippen LogP contribution is 2.28. The van der Waals surface area contributed by atoms with Crippen LogP contribution in [0.15, 0.2) is 57.9 Å². The number of aryl methyl sites for hydroxylation is 2. The Balaban J connectivity index is 1.57. The van der Waals surface area contributed by atoms with Crippen LogP contribution in [0.5, 0.6) is 0 Å². The van der Waals surface area contributed by atoms with Gasteiger partial charge in [-0.2, -0.15) is 4.52 Å². The largest absolute Gasteiger partial charge is 0.275 e. The molecule has 7 heteroatoms. The molecule has 0 radical (unpaired) electrons. The second-order valence-electron chi connectivity index (χ2n) is 6.42. The van der Waals surface area contributed by atoms with Gasteiger partial charge >= 0.3 is 0 Å². The fourth-order valence-corrected chi connectivity index (χ4v) is 4.72. The van der Waals surface area contributed by atoms with Crippen LogP contribution in [0.3, 0.4) is 0 Å². The van der Waals surface area contributed by atoms with Gasteiger partial charge in [0.15, 0.2) is 4.34 Å². The van der Waals surface area contributed by atoms with Gasteiger partial charge in [-0.15, -0.1) is 5.10 Å². The Morgan fingerprint density at radius 3 is 2.89 bits per heavy atom. The van der Waals surface area contributed by atoms with E-state index >= 15 is 0 Å². The van der Waals surface area contributed by atoms with Crippen molar-refractivity contribution in [2.45, 2.75) is 23.9 Å². The van der Waals surface area contributed by atoms with E-state index in [-0.39, 0.29) is 5.56 Å². The minimum absolute atomic E-state index is 0.175. The van der Waals surface area contributed by atoms with Gasteiger partial charge in [-0.05, 0) is 42.7 Å². The molecule has 3 heterocycles. The first-order valence-electron chi connectivity index (χ1n) is 8.76. The first-order chi connectivity index (χ1) is 13.6. The van der Waals surface area contributed by atoms with E-state index in [0.717, 1.165) is 15.7 Å². The van der Waals surface area contributed by atoms with Gasteiger partial charge in [0.1, 0.15) is 0 Å². The summed E-state index contributed by atoms with van der Waals surface area (Å²) in [5, 5.41) is 4.43. The van der Waals surface area contributed by atoms with E-state index in [1.165, 1.54) is 38.6 Å². The molecule has 5 nitrogen and oxygen atoms in total. The Morgan fingerprint density at radius 2 is 2.07 bits per heavy atom. The van der Waals surface area contributed by atoms with Crippen molar-refractivity contribution < 1.29 is 0 Å². The van der Waals surface area contributed by atoms with Crippen LogP contribution in [0, 0.1) is 13.8 Å². The van der Waals surface area contributed by atoms with Crippen LogP contribution < -0.4 is 5.56 Å². The van der Waals surface area contributed by atoms with E-state index < -0.39 is 0 Å². The Morgan fingerprint density at radius 1 is 1.18 bits per heavy atom. The van der Waals surface area contributed by atoms with E-state index in [1.807, 2.05) is 24.3 Å². The Kier molecular flexibility index (Phi) is 5.36. The molecule has 4 aromatic rings. The van der Waals surface area contributed by atoms with E-state index in [2.05, 4.69) is 47.1 Å². The number of aromatic nitrogens is 4. The third kappa shape index (κ3) is 4.21. The molecule has 0 aliphatic rings. The SMILES string of the molecule is Cc1ccc(C)c(CSc2nn3c(=O)cc(/C=C/c4cccnc4)nc3s2)c1. The number of pyridine rings is 1.